The van der Waals surface area contributed by atoms with Crippen LogP contribution in [0.1, 0.15) is 42.3 Å². The molecule has 1 aromatic rings. The lowest BCUT2D eigenvalue weighted by molar-refractivity contribution is 0.0699. The van der Waals surface area contributed by atoms with E-state index >= 15 is 0 Å². The molecule has 21 heavy (non-hydrogen) atoms. The lowest BCUT2D eigenvalue weighted by Gasteiger charge is -2.26. The van der Waals surface area contributed by atoms with Crippen LogP contribution >= 0.6 is 0 Å². The Hall–Kier alpha value is -0.910. The minimum atomic E-state index is 0.200. The van der Waals surface area contributed by atoms with Crippen molar-refractivity contribution in [3.05, 3.63) is 17.0 Å². The normalized spacial score (nSPS) is 27.4. The molecule has 0 bridgehead atoms. The minimum absolute atomic E-state index is 0.200. The second-order valence-corrected chi connectivity index (χ2v) is 6.34. The van der Waals surface area contributed by atoms with Crippen LogP contribution in [0.3, 0.4) is 0 Å². The number of nitrogens with zero attached hydrogens (tertiary/aromatic N) is 2. The number of nitrogens with one attached hydrogen (secondary N) is 1. The van der Waals surface area contributed by atoms with Crippen LogP contribution in [0.4, 0.5) is 0 Å². The summed E-state index contributed by atoms with van der Waals surface area (Å²) in [5, 5.41) is 8.26. The van der Waals surface area contributed by atoms with Crippen molar-refractivity contribution in [2.75, 3.05) is 26.4 Å². The predicted octanol–water partition coefficient (Wildman–Crippen LogP) is 1.88. The van der Waals surface area contributed by atoms with Crippen molar-refractivity contribution in [1.29, 1.82) is 0 Å². The van der Waals surface area contributed by atoms with Crippen LogP contribution in [-0.4, -0.2) is 42.2 Å². The van der Waals surface area contributed by atoms with Crippen LogP contribution in [0.25, 0.3) is 0 Å². The van der Waals surface area contributed by atoms with Gasteiger partial charge in [-0.15, -0.1) is 0 Å². The predicted molar refractivity (Wildman–Crippen MR) is 81.3 cm³/mol. The summed E-state index contributed by atoms with van der Waals surface area (Å²) in [6, 6.07) is 0.607. The van der Waals surface area contributed by atoms with E-state index < -0.39 is 0 Å². The summed E-state index contributed by atoms with van der Waals surface area (Å²) in [5.74, 6) is 0.550. The first-order valence-electron chi connectivity index (χ1n) is 8.09. The zero-order valence-corrected chi connectivity index (χ0v) is 13.4. The molecule has 2 atom stereocenters. The fourth-order valence-corrected chi connectivity index (χ4v) is 3.58. The highest BCUT2D eigenvalue weighted by Crippen LogP contribution is 2.37. The summed E-state index contributed by atoms with van der Waals surface area (Å²) < 4.78 is 13.4. The number of aromatic nitrogens is 2. The summed E-state index contributed by atoms with van der Waals surface area (Å²) >= 11 is 0. The molecule has 2 aliphatic heterocycles. The molecule has 5 heteroatoms. The Morgan fingerprint density at radius 1 is 1.19 bits per heavy atom. The summed E-state index contributed by atoms with van der Waals surface area (Å²) in [6.07, 6.45) is 3.59. The lowest BCUT2D eigenvalue weighted by Crippen LogP contribution is -2.38. The third kappa shape index (κ3) is 3.15. The third-order valence-corrected chi connectivity index (χ3v) is 4.95. The molecule has 2 fully saturated rings. The first kappa shape index (κ1) is 15.0. The number of rotatable bonds is 4. The van der Waals surface area contributed by atoms with Crippen LogP contribution in [0.2, 0.25) is 0 Å². The highest BCUT2D eigenvalue weighted by Gasteiger charge is 2.33. The molecule has 0 aliphatic carbocycles. The molecule has 118 valence electrons. The summed E-state index contributed by atoms with van der Waals surface area (Å²) in [6.45, 7) is 7.90. The van der Waals surface area contributed by atoms with E-state index in [0.29, 0.717) is 12.0 Å². The van der Waals surface area contributed by atoms with Gasteiger partial charge in [0.1, 0.15) is 0 Å². The van der Waals surface area contributed by atoms with Gasteiger partial charge in [0.05, 0.1) is 11.8 Å². The highest BCUT2D eigenvalue weighted by molar-refractivity contribution is 5.28. The Bertz CT molecular complexity index is 480. The van der Waals surface area contributed by atoms with Gasteiger partial charge < -0.3 is 14.8 Å². The molecule has 2 aliphatic rings. The zero-order valence-electron chi connectivity index (χ0n) is 13.4. The summed E-state index contributed by atoms with van der Waals surface area (Å²) in [7, 11) is 2.01. The van der Waals surface area contributed by atoms with E-state index in [0.717, 1.165) is 51.3 Å². The van der Waals surface area contributed by atoms with E-state index in [1.165, 1.54) is 11.3 Å². The molecule has 0 unspecified atom stereocenters. The van der Waals surface area contributed by atoms with E-state index in [1.807, 2.05) is 11.7 Å². The maximum atomic E-state index is 6.05. The molecule has 0 saturated carbocycles. The highest BCUT2D eigenvalue weighted by atomic mass is 16.5. The maximum Gasteiger partial charge on any atom is 0.0901 e. The zero-order chi connectivity index (χ0) is 14.8. The topological polar surface area (TPSA) is 48.3 Å². The third-order valence-electron chi connectivity index (χ3n) is 4.95. The van der Waals surface area contributed by atoms with Crippen LogP contribution in [0, 0.1) is 19.8 Å². The lowest BCUT2D eigenvalue weighted by atomic mass is 9.93. The fraction of sp³-hybridized carbons (Fsp3) is 0.812. The molecular weight excluding hydrogens is 266 g/mol. The number of hydrogen-bond acceptors (Lipinski definition) is 4. The standard InChI is InChI=1S/C16H27N3O2/c1-11-15(12(2)19(3)18-11)16-13(4-9-21-16)10-17-14-5-7-20-8-6-14/h13-14,16-17H,4-10H2,1-3H3/t13-,16+/m0/s1. The van der Waals surface area contributed by atoms with Crippen LogP contribution in [0.15, 0.2) is 0 Å². The van der Waals surface area contributed by atoms with Crippen molar-refractivity contribution in [2.24, 2.45) is 13.0 Å². The summed E-state index contributed by atoms with van der Waals surface area (Å²) in [5.41, 5.74) is 3.64. The average Bonchev–Trinajstić information content (AvgIpc) is 3.03. The first-order valence-corrected chi connectivity index (χ1v) is 8.09. The van der Waals surface area contributed by atoms with Gasteiger partial charge in [-0.25, -0.2) is 0 Å². The van der Waals surface area contributed by atoms with Gasteiger partial charge in [-0.1, -0.05) is 0 Å². The van der Waals surface area contributed by atoms with Gasteiger partial charge in [0.15, 0.2) is 0 Å². The summed E-state index contributed by atoms with van der Waals surface area (Å²) in [4.78, 5) is 0. The second kappa shape index (κ2) is 6.46. The molecule has 1 aromatic heterocycles. The Kier molecular flexibility index (Phi) is 4.62. The van der Waals surface area contributed by atoms with Crippen molar-refractivity contribution in [2.45, 2.75) is 45.3 Å². The first-order chi connectivity index (χ1) is 10.2. The Morgan fingerprint density at radius 2 is 1.95 bits per heavy atom. The van der Waals surface area contributed by atoms with Crippen molar-refractivity contribution in [3.63, 3.8) is 0 Å². The van der Waals surface area contributed by atoms with E-state index in [-0.39, 0.29) is 6.10 Å². The molecule has 0 radical (unpaired) electrons. The van der Waals surface area contributed by atoms with Gasteiger partial charge in [0.2, 0.25) is 0 Å². The molecule has 0 amide bonds. The van der Waals surface area contributed by atoms with Crippen molar-refractivity contribution in [1.82, 2.24) is 15.1 Å². The van der Waals surface area contributed by atoms with E-state index in [9.17, 15) is 0 Å². The van der Waals surface area contributed by atoms with Crippen LogP contribution in [-0.2, 0) is 16.5 Å². The van der Waals surface area contributed by atoms with Gasteiger partial charge in [0, 0.05) is 56.6 Å². The van der Waals surface area contributed by atoms with Gasteiger partial charge >= 0.3 is 0 Å². The second-order valence-electron chi connectivity index (χ2n) is 6.34. The van der Waals surface area contributed by atoms with E-state index in [2.05, 4.69) is 24.3 Å². The maximum absolute atomic E-state index is 6.05. The number of aryl methyl sites for hydroxylation is 2. The van der Waals surface area contributed by atoms with Crippen molar-refractivity contribution >= 4 is 0 Å². The fourth-order valence-electron chi connectivity index (χ4n) is 3.58. The minimum Gasteiger partial charge on any atom is -0.381 e. The number of ether oxygens (including phenoxy) is 2. The van der Waals surface area contributed by atoms with Crippen LogP contribution in [0.5, 0.6) is 0 Å². The molecule has 0 spiro atoms. The molecule has 1 N–H and O–H groups in total. The molecule has 0 aromatic carbocycles. The molecular formula is C16H27N3O2. The molecule has 3 heterocycles. The SMILES string of the molecule is Cc1nn(C)c(C)c1[C@@H]1OCC[C@H]1CNC1CCOCC1. The van der Waals surface area contributed by atoms with Crippen molar-refractivity contribution < 1.29 is 9.47 Å². The largest absolute Gasteiger partial charge is 0.381 e. The molecule has 3 rings (SSSR count). The van der Waals surface area contributed by atoms with Gasteiger partial charge in [-0.3, -0.25) is 4.68 Å². The quantitative estimate of drug-likeness (QED) is 0.921. The smallest absolute Gasteiger partial charge is 0.0901 e. The van der Waals surface area contributed by atoms with E-state index in [1.54, 1.807) is 0 Å². The molecule has 5 nitrogen and oxygen atoms in total. The number of hydrogen-bond donors (Lipinski definition) is 1. The molecule has 2 saturated heterocycles. The van der Waals surface area contributed by atoms with Crippen molar-refractivity contribution in [3.8, 4) is 0 Å². The average molecular weight is 293 g/mol. The Labute approximate surface area is 127 Å². The Morgan fingerprint density at radius 3 is 2.62 bits per heavy atom. The van der Waals surface area contributed by atoms with Gasteiger partial charge in [-0.2, -0.15) is 5.10 Å². The van der Waals surface area contributed by atoms with E-state index in [4.69, 9.17) is 9.47 Å². The van der Waals surface area contributed by atoms with Crippen LogP contribution < -0.4 is 5.32 Å². The van der Waals surface area contributed by atoms with Gasteiger partial charge in [-0.05, 0) is 33.1 Å². The van der Waals surface area contributed by atoms with Gasteiger partial charge in [0.25, 0.3) is 0 Å². The Balaban J connectivity index is 1.64. The monoisotopic (exact) mass is 293 g/mol.